The summed E-state index contributed by atoms with van der Waals surface area (Å²) in [5, 5.41) is 8.99. The molecule has 1 heterocycles. The Kier molecular flexibility index (Phi) is 5.24. The maximum atomic E-state index is 10.9. The Morgan fingerprint density at radius 3 is 2.88 bits per heavy atom. The minimum atomic E-state index is -0.669. The van der Waals surface area contributed by atoms with Crippen LogP contribution in [-0.4, -0.2) is 42.2 Å². The van der Waals surface area contributed by atoms with Crippen molar-refractivity contribution >= 4 is 12.0 Å². The molecule has 1 fully saturated rings. The van der Waals surface area contributed by atoms with Crippen molar-refractivity contribution in [2.24, 2.45) is 11.8 Å². The van der Waals surface area contributed by atoms with Gasteiger partial charge in [0.05, 0.1) is 12.5 Å². The van der Waals surface area contributed by atoms with Crippen LogP contribution in [0.4, 0.5) is 0 Å². The largest absolute Gasteiger partial charge is 0.494 e. The highest BCUT2D eigenvalue weighted by atomic mass is 16.5. The second kappa shape index (κ2) is 7.39. The Morgan fingerprint density at radius 1 is 1.38 bits per heavy atom. The van der Waals surface area contributed by atoms with Crippen molar-refractivity contribution in [1.82, 2.24) is 4.90 Å². The average Bonchev–Trinajstić information content (AvgIpc) is 2.50. The van der Waals surface area contributed by atoms with Gasteiger partial charge < -0.3 is 9.84 Å². The lowest BCUT2D eigenvalue weighted by molar-refractivity contribution is -0.147. The van der Waals surface area contributed by atoms with Crippen LogP contribution >= 0.6 is 0 Å². The number of benzene rings is 1. The number of carbonyl (C=O) groups is 1. The Labute approximate surface area is 144 Å². The molecule has 1 aromatic rings. The smallest absolute Gasteiger partial charge is 0.309 e. The van der Waals surface area contributed by atoms with Crippen LogP contribution in [-0.2, 0) is 11.2 Å². The number of hydrogen-bond acceptors (Lipinski definition) is 3. The van der Waals surface area contributed by atoms with Crippen molar-refractivity contribution in [3.05, 3.63) is 34.9 Å². The molecule has 0 unspecified atom stereocenters. The van der Waals surface area contributed by atoms with E-state index in [1.165, 1.54) is 16.7 Å². The van der Waals surface area contributed by atoms with Gasteiger partial charge in [-0.1, -0.05) is 38.0 Å². The van der Waals surface area contributed by atoms with Gasteiger partial charge in [-0.05, 0) is 42.0 Å². The van der Waals surface area contributed by atoms with Crippen LogP contribution in [0.2, 0.25) is 0 Å². The second-order valence-electron chi connectivity index (χ2n) is 7.12. The fourth-order valence-electron chi connectivity index (χ4n) is 3.44. The number of fused-ring (bicyclic) bond motifs is 1. The minimum absolute atomic E-state index is 0.181. The quantitative estimate of drug-likeness (QED) is 0.778. The highest BCUT2D eigenvalue weighted by molar-refractivity contribution is 5.71. The number of rotatable bonds is 7. The van der Waals surface area contributed by atoms with Gasteiger partial charge in [-0.15, -0.1) is 0 Å². The lowest BCUT2D eigenvalue weighted by Crippen LogP contribution is -2.51. The molecular weight excluding hydrogens is 302 g/mol. The predicted molar refractivity (Wildman–Crippen MR) is 95.3 cm³/mol. The Morgan fingerprint density at radius 2 is 2.17 bits per heavy atom. The molecule has 0 aromatic heterocycles. The molecule has 0 bridgehead atoms. The van der Waals surface area contributed by atoms with E-state index < -0.39 is 5.97 Å². The summed E-state index contributed by atoms with van der Waals surface area (Å²) in [4.78, 5) is 13.2. The zero-order valence-corrected chi connectivity index (χ0v) is 14.6. The van der Waals surface area contributed by atoms with E-state index in [2.05, 4.69) is 43.0 Å². The number of nitrogens with zero attached hydrogens (tertiary/aromatic N) is 1. The van der Waals surface area contributed by atoms with E-state index in [0.717, 1.165) is 38.2 Å². The molecule has 1 saturated heterocycles. The van der Waals surface area contributed by atoms with E-state index in [0.29, 0.717) is 19.0 Å². The van der Waals surface area contributed by atoms with Gasteiger partial charge in [0.1, 0.15) is 5.75 Å². The van der Waals surface area contributed by atoms with E-state index in [4.69, 9.17) is 9.84 Å². The molecule has 1 aliphatic carbocycles. The van der Waals surface area contributed by atoms with Crippen LogP contribution in [0.5, 0.6) is 5.75 Å². The lowest BCUT2D eigenvalue weighted by Gasteiger charge is -2.38. The van der Waals surface area contributed by atoms with Gasteiger partial charge in [-0.2, -0.15) is 0 Å². The van der Waals surface area contributed by atoms with Gasteiger partial charge in [0, 0.05) is 19.6 Å². The van der Waals surface area contributed by atoms with Gasteiger partial charge in [0.2, 0.25) is 0 Å². The Bertz CT molecular complexity index is 632. The zero-order valence-electron chi connectivity index (χ0n) is 14.6. The maximum absolute atomic E-state index is 10.9. The third-order valence-electron chi connectivity index (χ3n) is 5.09. The van der Waals surface area contributed by atoms with Crippen LogP contribution in [0, 0.1) is 11.8 Å². The molecular formula is C20H27NO3. The summed E-state index contributed by atoms with van der Waals surface area (Å²) >= 11 is 0. The van der Waals surface area contributed by atoms with Gasteiger partial charge in [0.15, 0.2) is 0 Å². The van der Waals surface area contributed by atoms with E-state index >= 15 is 0 Å². The molecule has 3 rings (SSSR count). The molecule has 24 heavy (non-hydrogen) atoms. The van der Waals surface area contributed by atoms with Crippen LogP contribution in [0.25, 0.3) is 6.08 Å². The number of hydrogen-bond donors (Lipinski definition) is 1. The van der Waals surface area contributed by atoms with Crippen molar-refractivity contribution in [2.75, 3.05) is 26.2 Å². The van der Waals surface area contributed by atoms with Crippen molar-refractivity contribution in [1.29, 1.82) is 0 Å². The Hall–Kier alpha value is -1.81. The third kappa shape index (κ3) is 3.81. The van der Waals surface area contributed by atoms with Crippen molar-refractivity contribution in [3.63, 3.8) is 0 Å². The highest BCUT2D eigenvalue weighted by Gasteiger charge is 2.33. The van der Waals surface area contributed by atoms with E-state index in [9.17, 15) is 4.79 Å². The molecule has 4 nitrogen and oxygen atoms in total. The Balaban J connectivity index is 1.63. The number of ether oxygens (including phenoxy) is 1. The normalized spacial score (nSPS) is 20.9. The fraction of sp³-hybridized carbons (Fsp3) is 0.550. The van der Waals surface area contributed by atoms with Gasteiger partial charge in [0.25, 0.3) is 0 Å². The standard InChI is InChI=1S/C20H27NO3/c1-3-4-7-24-19-6-5-15-9-17(14(2)8-16(15)10-19)11-21-12-18(13-21)20(22)23/h5-6,9-10,14,18H,3-4,7-8,11-13H2,1-2H3,(H,22,23)/t14-/m0/s1. The first-order valence-electron chi connectivity index (χ1n) is 8.98. The zero-order chi connectivity index (χ0) is 17.1. The first-order valence-corrected chi connectivity index (χ1v) is 8.98. The molecule has 130 valence electrons. The first-order chi connectivity index (χ1) is 11.6. The molecule has 4 heteroatoms. The summed E-state index contributed by atoms with van der Waals surface area (Å²) in [7, 11) is 0. The van der Waals surface area contributed by atoms with Crippen LogP contribution in [0.15, 0.2) is 23.8 Å². The summed E-state index contributed by atoms with van der Waals surface area (Å²) in [5.74, 6) is 0.614. The number of unbranched alkanes of at least 4 members (excludes halogenated alkanes) is 1. The average molecular weight is 329 g/mol. The molecule has 1 atom stereocenters. The first kappa shape index (κ1) is 17.0. The van der Waals surface area contributed by atoms with Crippen LogP contribution < -0.4 is 4.74 Å². The van der Waals surface area contributed by atoms with Crippen LogP contribution in [0.1, 0.15) is 37.8 Å². The minimum Gasteiger partial charge on any atom is -0.494 e. The van der Waals surface area contributed by atoms with Gasteiger partial charge >= 0.3 is 5.97 Å². The third-order valence-corrected chi connectivity index (χ3v) is 5.09. The summed E-state index contributed by atoms with van der Waals surface area (Å²) in [5.41, 5.74) is 4.04. The van der Waals surface area contributed by atoms with Crippen LogP contribution in [0.3, 0.4) is 0 Å². The molecule has 1 aromatic carbocycles. The summed E-state index contributed by atoms with van der Waals surface area (Å²) in [6.07, 6.45) is 5.55. The molecule has 1 N–H and O–H groups in total. The molecule has 0 spiro atoms. The topological polar surface area (TPSA) is 49.8 Å². The molecule has 0 saturated carbocycles. The summed E-state index contributed by atoms with van der Waals surface area (Å²) < 4.78 is 5.82. The summed E-state index contributed by atoms with van der Waals surface area (Å²) in [6.45, 7) is 7.45. The monoisotopic (exact) mass is 329 g/mol. The number of carboxylic acid groups (broad SMARTS) is 1. The number of carboxylic acids is 1. The number of likely N-dealkylation sites (tertiary alicyclic amines) is 1. The van der Waals surface area contributed by atoms with Gasteiger partial charge in [-0.3, -0.25) is 9.69 Å². The fourth-order valence-corrected chi connectivity index (χ4v) is 3.44. The molecule has 0 radical (unpaired) electrons. The number of aliphatic carboxylic acids is 1. The second-order valence-corrected chi connectivity index (χ2v) is 7.12. The molecule has 2 aliphatic rings. The SMILES string of the molecule is CCCCOc1ccc2c(c1)C[C@H](C)C(CN1CC(C(=O)O)C1)=C2. The van der Waals surface area contributed by atoms with E-state index in [-0.39, 0.29) is 5.92 Å². The van der Waals surface area contributed by atoms with E-state index in [1.54, 1.807) is 0 Å². The van der Waals surface area contributed by atoms with Crippen molar-refractivity contribution in [3.8, 4) is 5.75 Å². The maximum Gasteiger partial charge on any atom is 0.309 e. The summed E-state index contributed by atoms with van der Waals surface area (Å²) in [6, 6.07) is 6.39. The van der Waals surface area contributed by atoms with Crippen molar-refractivity contribution in [2.45, 2.75) is 33.1 Å². The molecule has 0 amide bonds. The highest BCUT2D eigenvalue weighted by Crippen LogP contribution is 2.32. The lowest BCUT2D eigenvalue weighted by atomic mass is 9.83. The predicted octanol–water partition coefficient (Wildman–Crippen LogP) is 3.46. The molecule has 1 aliphatic heterocycles. The van der Waals surface area contributed by atoms with Crippen molar-refractivity contribution < 1.29 is 14.6 Å². The van der Waals surface area contributed by atoms with Gasteiger partial charge in [-0.25, -0.2) is 0 Å². The van der Waals surface area contributed by atoms with E-state index in [1.807, 2.05) is 0 Å².